The third kappa shape index (κ3) is 8.78. The zero-order chi connectivity index (χ0) is 30.6. The zero-order valence-electron chi connectivity index (χ0n) is 23.0. The molecule has 11 nitrogen and oxygen atoms in total. The van der Waals surface area contributed by atoms with E-state index in [0.29, 0.717) is 0 Å². The van der Waals surface area contributed by atoms with Crippen LogP contribution in [0.15, 0.2) is 84.9 Å². The fourth-order valence-corrected chi connectivity index (χ4v) is 3.84. The van der Waals surface area contributed by atoms with Crippen molar-refractivity contribution in [1.29, 1.82) is 0 Å². The average Bonchev–Trinajstić information content (AvgIpc) is 3.00. The van der Waals surface area contributed by atoms with Crippen LogP contribution < -0.4 is 9.47 Å². The largest absolute Gasteiger partial charge is 0.504 e. The lowest BCUT2D eigenvalue weighted by Crippen LogP contribution is -2.15. The molecule has 11 heteroatoms. The van der Waals surface area contributed by atoms with E-state index in [9.17, 15) is 30.0 Å². The molecule has 0 saturated heterocycles. The van der Waals surface area contributed by atoms with E-state index in [4.69, 9.17) is 23.7 Å². The van der Waals surface area contributed by atoms with Gasteiger partial charge in [0.1, 0.15) is 26.4 Å². The lowest BCUT2D eigenvalue weighted by molar-refractivity contribution is 0.0150. The summed E-state index contributed by atoms with van der Waals surface area (Å²) in [4.78, 5) is 24.6. The molecule has 0 saturated carbocycles. The van der Waals surface area contributed by atoms with E-state index in [0.717, 1.165) is 35.4 Å². The Labute approximate surface area is 247 Å². The van der Waals surface area contributed by atoms with Gasteiger partial charge in [-0.1, -0.05) is 60.7 Å². The van der Waals surface area contributed by atoms with E-state index < -0.39 is 34.9 Å². The smallest absolute Gasteiger partial charge is 0.338 e. The van der Waals surface area contributed by atoms with Crippen molar-refractivity contribution in [2.75, 3.05) is 26.4 Å². The maximum Gasteiger partial charge on any atom is 0.338 e. The molecule has 0 aliphatic rings. The fraction of sp³-hybridized carbons (Fsp3) is 0.188. The van der Waals surface area contributed by atoms with Crippen molar-refractivity contribution < 1.29 is 53.7 Å². The van der Waals surface area contributed by atoms with Gasteiger partial charge in [-0.25, -0.2) is 9.59 Å². The van der Waals surface area contributed by atoms with E-state index in [1.807, 2.05) is 60.7 Å². The Bertz CT molecular complexity index is 1360. The van der Waals surface area contributed by atoms with Gasteiger partial charge >= 0.3 is 11.9 Å². The predicted molar refractivity (Wildman–Crippen MR) is 152 cm³/mol. The highest BCUT2D eigenvalue weighted by Crippen LogP contribution is 2.38. The van der Waals surface area contributed by atoms with Gasteiger partial charge in [-0.3, -0.25) is 0 Å². The first-order valence-electron chi connectivity index (χ1n) is 13.2. The molecule has 0 amide bonds. The van der Waals surface area contributed by atoms with E-state index in [-0.39, 0.29) is 62.3 Å². The standard InChI is InChI=1S/C32H30O11/c33-25-15-23(16-26(34)29(25)42-19-21-7-3-1-4-8-21)31(37)40-13-11-39-12-14-41-32(38)24-17-27(35)30(28(36)18-24)43-20-22-9-5-2-6-10-22/h1-10,15-18,33-36H,11-14,19-20H2. The van der Waals surface area contributed by atoms with Crippen LogP contribution in [0, 0.1) is 0 Å². The van der Waals surface area contributed by atoms with Crippen LogP contribution >= 0.6 is 0 Å². The maximum absolute atomic E-state index is 12.3. The summed E-state index contributed by atoms with van der Waals surface area (Å²) in [7, 11) is 0. The second kappa shape index (κ2) is 15.0. The normalized spacial score (nSPS) is 10.6. The molecule has 4 aromatic rings. The molecule has 4 rings (SSSR count). The minimum atomic E-state index is -0.800. The Morgan fingerprint density at radius 3 is 1.21 bits per heavy atom. The van der Waals surface area contributed by atoms with E-state index in [1.165, 1.54) is 0 Å². The molecule has 0 aliphatic heterocycles. The Kier molecular flexibility index (Phi) is 10.6. The number of carbonyl (C=O) groups excluding carboxylic acids is 2. The van der Waals surface area contributed by atoms with Crippen LogP contribution in [0.2, 0.25) is 0 Å². The van der Waals surface area contributed by atoms with Gasteiger partial charge in [-0.2, -0.15) is 0 Å². The van der Waals surface area contributed by atoms with Gasteiger partial charge in [-0.15, -0.1) is 0 Å². The summed E-state index contributed by atoms with van der Waals surface area (Å²) >= 11 is 0. The number of phenols is 4. The van der Waals surface area contributed by atoms with Crippen LogP contribution in [-0.4, -0.2) is 58.8 Å². The molecule has 0 spiro atoms. The quantitative estimate of drug-likeness (QED) is 0.119. The van der Waals surface area contributed by atoms with Gasteiger partial charge in [0.05, 0.1) is 24.3 Å². The second-order valence-corrected chi connectivity index (χ2v) is 9.12. The number of phenolic OH excluding ortho intramolecular Hbond substituents is 4. The van der Waals surface area contributed by atoms with Crippen LogP contribution in [-0.2, 0) is 27.4 Å². The van der Waals surface area contributed by atoms with Crippen LogP contribution in [0.25, 0.3) is 0 Å². The minimum Gasteiger partial charge on any atom is -0.504 e. The van der Waals surface area contributed by atoms with Crippen LogP contribution in [0.3, 0.4) is 0 Å². The summed E-state index contributed by atoms with van der Waals surface area (Å²) in [5, 5.41) is 40.9. The molecule has 0 unspecified atom stereocenters. The highest BCUT2D eigenvalue weighted by Gasteiger charge is 2.18. The average molecular weight is 591 g/mol. The van der Waals surface area contributed by atoms with Gasteiger partial charge in [0, 0.05) is 0 Å². The molecule has 4 N–H and O–H groups in total. The molecule has 4 aromatic carbocycles. The first-order valence-corrected chi connectivity index (χ1v) is 13.2. The number of rotatable bonds is 14. The summed E-state index contributed by atoms with van der Waals surface area (Å²) < 4.78 is 26.4. The van der Waals surface area contributed by atoms with E-state index in [2.05, 4.69) is 0 Å². The van der Waals surface area contributed by atoms with Crippen molar-refractivity contribution in [3.05, 3.63) is 107 Å². The summed E-state index contributed by atoms with van der Waals surface area (Å²) in [6.45, 7) is -0.109. The van der Waals surface area contributed by atoms with Crippen LogP contribution in [0.4, 0.5) is 0 Å². The van der Waals surface area contributed by atoms with Gasteiger partial charge in [0.15, 0.2) is 23.0 Å². The highest BCUT2D eigenvalue weighted by molar-refractivity contribution is 5.91. The van der Waals surface area contributed by atoms with Crippen molar-refractivity contribution in [2.45, 2.75) is 13.2 Å². The number of carbonyl (C=O) groups is 2. The van der Waals surface area contributed by atoms with E-state index in [1.54, 1.807) is 0 Å². The Morgan fingerprint density at radius 1 is 0.512 bits per heavy atom. The first kappa shape index (κ1) is 30.5. The Balaban J connectivity index is 1.15. The number of hydrogen-bond acceptors (Lipinski definition) is 11. The molecule has 224 valence electrons. The number of hydrogen-bond donors (Lipinski definition) is 4. The van der Waals surface area contributed by atoms with Crippen molar-refractivity contribution >= 4 is 11.9 Å². The lowest BCUT2D eigenvalue weighted by atomic mass is 10.2. The van der Waals surface area contributed by atoms with Crippen molar-refractivity contribution in [3.63, 3.8) is 0 Å². The van der Waals surface area contributed by atoms with Crippen molar-refractivity contribution in [1.82, 2.24) is 0 Å². The molecular formula is C32H30O11. The number of esters is 2. The Hall–Kier alpha value is -5.42. The molecule has 0 aliphatic carbocycles. The fourth-order valence-electron chi connectivity index (χ4n) is 3.84. The van der Waals surface area contributed by atoms with E-state index >= 15 is 0 Å². The molecular weight excluding hydrogens is 560 g/mol. The van der Waals surface area contributed by atoms with Gasteiger partial charge < -0.3 is 44.1 Å². The topological polar surface area (TPSA) is 161 Å². The van der Waals surface area contributed by atoms with Gasteiger partial charge in [-0.05, 0) is 35.4 Å². The van der Waals surface area contributed by atoms with Crippen LogP contribution in [0.5, 0.6) is 34.5 Å². The third-order valence-corrected chi connectivity index (χ3v) is 5.94. The summed E-state index contributed by atoms with van der Waals surface area (Å²) in [5.41, 5.74) is 1.49. The molecule has 0 aromatic heterocycles. The maximum atomic E-state index is 12.3. The van der Waals surface area contributed by atoms with Gasteiger partial charge in [0.2, 0.25) is 11.5 Å². The molecule has 43 heavy (non-hydrogen) atoms. The summed E-state index contributed by atoms with van der Waals surface area (Å²) in [5.74, 6) is -3.59. The predicted octanol–water partition coefficient (Wildman–Crippen LogP) is 4.70. The van der Waals surface area contributed by atoms with Crippen molar-refractivity contribution in [3.8, 4) is 34.5 Å². The number of ether oxygens (including phenoxy) is 5. The highest BCUT2D eigenvalue weighted by atomic mass is 16.6. The molecule has 0 heterocycles. The first-order chi connectivity index (χ1) is 20.8. The monoisotopic (exact) mass is 590 g/mol. The van der Waals surface area contributed by atoms with Gasteiger partial charge in [0.25, 0.3) is 0 Å². The third-order valence-electron chi connectivity index (χ3n) is 5.94. The SMILES string of the molecule is O=C(OCCOCCOC(=O)c1cc(O)c(OCc2ccccc2)c(O)c1)c1cc(O)c(OCc2ccccc2)c(O)c1. The zero-order valence-corrected chi connectivity index (χ0v) is 23.0. The molecule has 0 bridgehead atoms. The van der Waals surface area contributed by atoms with Crippen molar-refractivity contribution in [2.24, 2.45) is 0 Å². The molecule has 0 radical (unpaired) electrons. The lowest BCUT2D eigenvalue weighted by Gasteiger charge is -2.12. The second-order valence-electron chi connectivity index (χ2n) is 9.12. The number of benzene rings is 4. The summed E-state index contributed by atoms with van der Waals surface area (Å²) in [6, 6.07) is 22.8. The molecule has 0 atom stereocenters. The minimum absolute atomic E-state index is 0.0193. The summed E-state index contributed by atoms with van der Waals surface area (Å²) in [6.07, 6.45) is 0. The van der Waals surface area contributed by atoms with Crippen LogP contribution in [0.1, 0.15) is 31.8 Å². The Morgan fingerprint density at radius 2 is 0.860 bits per heavy atom. The molecule has 0 fully saturated rings. The number of aromatic hydroxyl groups is 4.